The minimum atomic E-state index is -0.723. The second-order valence-electron chi connectivity index (χ2n) is 9.94. The third-order valence-electron chi connectivity index (χ3n) is 7.13. The van der Waals surface area contributed by atoms with Crippen molar-refractivity contribution in [2.75, 3.05) is 10.6 Å². The van der Waals surface area contributed by atoms with Gasteiger partial charge < -0.3 is 20.8 Å². The van der Waals surface area contributed by atoms with Gasteiger partial charge in [0.25, 0.3) is 11.8 Å². The Hall–Kier alpha value is -4.98. The first kappa shape index (κ1) is 25.3. The van der Waals surface area contributed by atoms with Crippen LogP contribution in [0.2, 0.25) is 0 Å². The maximum atomic E-state index is 15.3. The summed E-state index contributed by atoms with van der Waals surface area (Å²) in [7, 11) is 0. The predicted octanol–water partition coefficient (Wildman–Crippen LogP) is 6.46. The van der Waals surface area contributed by atoms with Crippen LogP contribution in [0.25, 0.3) is 22.1 Å². The monoisotopic (exact) mass is 537 g/mol. The number of fused-ring (bicyclic) bond motifs is 1. The van der Waals surface area contributed by atoms with E-state index in [1.807, 2.05) is 30.3 Å². The van der Waals surface area contributed by atoms with Crippen LogP contribution in [0.5, 0.6) is 0 Å². The molecule has 200 valence electrons. The van der Waals surface area contributed by atoms with Crippen LogP contribution in [0, 0.1) is 11.6 Å². The maximum Gasteiger partial charge on any atom is 0.258 e. The molecule has 0 spiro atoms. The van der Waals surface area contributed by atoms with Gasteiger partial charge in [0.15, 0.2) is 0 Å². The Morgan fingerprint density at radius 3 is 2.30 bits per heavy atom. The molecule has 1 aromatic heterocycles. The van der Waals surface area contributed by atoms with Crippen LogP contribution in [-0.2, 0) is 6.42 Å². The zero-order valence-corrected chi connectivity index (χ0v) is 21.4. The number of nitrogens with zero attached hydrogens (tertiary/aromatic N) is 1. The highest BCUT2D eigenvalue weighted by Crippen LogP contribution is 2.38. The maximum absolute atomic E-state index is 15.3. The van der Waals surface area contributed by atoms with Crippen molar-refractivity contribution >= 4 is 34.2 Å². The molecule has 1 aliphatic carbocycles. The number of hydrogen-bond donors (Lipinski definition) is 2. The lowest BCUT2D eigenvalue weighted by molar-refractivity contribution is 0.0981. The van der Waals surface area contributed by atoms with Gasteiger partial charge in [-0.3, -0.25) is 9.59 Å². The van der Waals surface area contributed by atoms with E-state index in [0.717, 1.165) is 18.5 Å². The summed E-state index contributed by atoms with van der Waals surface area (Å²) in [6, 6.07) is 22.5. The molecule has 5 aromatic rings. The molecule has 0 aliphatic heterocycles. The molecule has 0 atom stereocenters. The van der Waals surface area contributed by atoms with Crippen molar-refractivity contribution in [1.82, 2.24) is 0 Å². The smallest absolute Gasteiger partial charge is 0.258 e. The highest BCUT2D eigenvalue weighted by molar-refractivity contribution is 6.10. The second kappa shape index (κ2) is 9.96. The molecule has 0 radical (unpaired) electrons. The number of nitrogens with two attached hydrogens (primary N) is 2. The van der Waals surface area contributed by atoms with Crippen LogP contribution in [0.15, 0.2) is 89.3 Å². The Kier molecular flexibility index (Phi) is 6.30. The van der Waals surface area contributed by atoms with Gasteiger partial charge in [-0.15, -0.1) is 0 Å². The first-order chi connectivity index (χ1) is 19.3. The average Bonchev–Trinajstić information content (AvgIpc) is 3.71. The van der Waals surface area contributed by atoms with Crippen molar-refractivity contribution in [2.24, 2.45) is 5.73 Å². The molecule has 0 bridgehead atoms. The van der Waals surface area contributed by atoms with Gasteiger partial charge >= 0.3 is 0 Å². The summed E-state index contributed by atoms with van der Waals surface area (Å²) >= 11 is 0. The van der Waals surface area contributed by atoms with Crippen LogP contribution in [0.3, 0.4) is 0 Å². The molecule has 1 aliphatic rings. The number of carbonyl (C=O) groups excluding carboxylic acids is 2. The fourth-order valence-electron chi connectivity index (χ4n) is 5.04. The number of carbonyl (C=O) groups is 2. The Morgan fingerprint density at radius 1 is 0.900 bits per heavy atom. The van der Waals surface area contributed by atoms with E-state index >= 15 is 4.39 Å². The molecular weight excluding hydrogens is 512 g/mol. The van der Waals surface area contributed by atoms with Gasteiger partial charge in [0, 0.05) is 52.0 Å². The van der Waals surface area contributed by atoms with Crippen LogP contribution in [0.1, 0.15) is 44.9 Å². The lowest BCUT2D eigenvalue weighted by Gasteiger charge is -2.23. The summed E-state index contributed by atoms with van der Waals surface area (Å²) < 4.78 is 34.6. The topological polar surface area (TPSA) is 103 Å². The van der Waals surface area contributed by atoms with Gasteiger partial charge in [0.1, 0.15) is 23.0 Å². The van der Waals surface area contributed by atoms with E-state index in [2.05, 4.69) is 0 Å². The van der Waals surface area contributed by atoms with E-state index in [1.54, 1.807) is 23.1 Å². The normalized spacial score (nSPS) is 12.9. The molecule has 40 heavy (non-hydrogen) atoms. The molecule has 1 fully saturated rings. The number of halogens is 2. The van der Waals surface area contributed by atoms with Crippen molar-refractivity contribution < 1.29 is 22.8 Å². The van der Waals surface area contributed by atoms with Crippen LogP contribution >= 0.6 is 0 Å². The first-order valence-electron chi connectivity index (χ1n) is 12.9. The van der Waals surface area contributed by atoms with Crippen molar-refractivity contribution in [3.05, 3.63) is 119 Å². The van der Waals surface area contributed by atoms with Crippen LogP contribution in [-0.4, -0.2) is 17.9 Å². The molecule has 6 rings (SSSR count). The summed E-state index contributed by atoms with van der Waals surface area (Å²) in [4.78, 5) is 27.9. The highest BCUT2D eigenvalue weighted by Gasteiger charge is 2.34. The number of furan rings is 1. The Bertz CT molecular complexity index is 1760. The van der Waals surface area contributed by atoms with Gasteiger partial charge in [-0.05, 0) is 66.9 Å². The number of anilines is 2. The molecule has 4 aromatic carbocycles. The fourth-order valence-corrected chi connectivity index (χ4v) is 5.04. The van der Waals surface area contributed by atoms with Crippen molar-refractivity contribution in [2.45, 2.75) is 25.3 Å². The fraction of sp³-hybridized carbons (Fsp3) is 0.125. The number of primary amides is 1. The van der Waals surface area contributed by atoms with E-state index in [-0.39, 0.29) is 46.8 Å². The number of amides is 2. The molecule has 0 unspecified atom stereocenters. The zero-order chi connectivity index (χ0) is 28.0. The zero-order valence-electron chi connectivity index (χ0n) is 21.4. The number of nitrogen functional groups attached to an aromatic ring is 1. The van der Waals surface area contributed by atoms with E-state index in [9.17, 15) is 14.0 Å². The second-order valence-corrected chi connectivity index (χ2v) is 9.94. The number of hydrogen-bond acceptors (Lipinski definition) is 4. The van der Waals surface area contributed by atoms with Crippen LogP contribution < -0.4 is 16.4 Å². The molecule has 4 N–H and O–H groups in total. The van der Waals surface area contributed by atoms with E-state index in [0.29, 0.717) is 27.7 Å². The molecule has 1 heterocycles. The Morgan fingerprint density at radius 2 is 1.62 bits per heavy atom. The third kappa shape index (κ3) is 4.68. The van der Waals surface area contributed by atoms with E-state index in [1.165, 1.54) is 36.4 Å². The quantitative estimate of drug-likeness (QED) is 0.233. The summed E-state index contributed by atoms with van der Waals surface area (Å²) in [6.45, 7) is 0. The third-order valence-corrected chi connectivity index (χ3v) is 7.13. The van der Waals surface area contributed by atoms with Gasteiger partial charge in [-0.25, -0.2) is 8.78 Å². The molecule has 0 saturated heterocycles. The minimum Gasteiger partial charge on any atom is -0.460 e. The minimum absolute atomic E-state index is 0.0911. The van der Waals surface area contributed by atoms with Gasteiger partial charge in [0.05, 0.1) is 5.56 Å². The SMILES string of the molecule is NC(=O)c1c(Cc2ccc(F)cc2)oc2cc(N)c(-c3cc(C(=O)N(c4ccccc4)C4CC4)ccc3F)cc12. The molecular formula is C32H25F2N3O3. The molecule has 8 heteroatoms. The Labute approximate surface area is 228 Å². The number of para-hydroxylation sites is 1. The van der Waals surface area contributed by atoms with Gasteiger partial charge in [0.2, 0.25) is 0 Å². The van der Waals surface area contributed by atoms with Gasteiger partial charge in [-0.1, -0.05) is 30.3 Å². The summed E-state index contributed by atoms with van der Waals surface area (Å²) in [6.07, 6.45) is 1.99. The van der Waals surface area contributed by atoms with E-state index in [4.69, 9.17) is 15.9 Å². The molecule has 2 amide bonds. The summed E-state index contributed by atoms with van der Waals surface area (Å²) in [5.74, 6) is -1.63. The van der Waals surface area contributed by atoms with Crippen molar-refractivity contribution in [3.63, 3.8) is 0 Å². The largest absolute Gasteiger partial charge is 0.460 e. The molecule has 1 saturated carbocycles. The van der Waals surface area contributed by atoms with Gasteiger partial charge in [-0.2, -0.15) is 0 Å². The lowest BCUT2D eigenvalue weighted by atomic mass is 9.97. The van der Waals surface area contributed by atoms with Crippen LogP contribution in [0.4, 0.5) is 20.2 Å². The van der Waals surface area contributed by atoms with E-state index < -0.39 is 11.7 Å². The van der Waals surface area contributed by atoms with Crippen molar-refractivity contribution in [1.29, 1.82) is 0 Å². The van der Waals surface area contributed by atoms with Crippen molar-refractivity contribution in [3.8, 4) is 11.1 Å². The number of rotatable bonds is 7. The highest BCUT2D eigenvalue weighted by atomic mass is 19.1. The summed E-state index contributed by atoms with van der Waals surface area (Å²) in [5.41, 5.74) is 14.9. The number of benzene rings is 4. The first-order valence-corrected chi connectivity index (χ1v) is 12.9. The standard InChI is InChI=1S/C32H25F2N3O3/c33-20-9-6-18(7-10-20)14-29-30(31(36)38)25-16-24(27(35)17-28(25)40-29)23-15-19(8-13-26(23)34)32(39)37(22-11-12-22)21-4-2-1-3-5-21/h1-10,13,15-17,22H,11-12,14,35H2,(H2,36,38). The molecule has 6 nitrogen and oxygen atoms in total. The lowest BCUT2D eigenvalue weighted by Crippen LogP contribution is -2.33. The Balaban J connectivity index is 1.42. The predicted molar refractivity (Wildman–Crippen MR) is 150 cm³/mol. The average molecular weight is 538 g/mol. The summed E-state index contributed by atoms with van der Waals surface area (Å²) in [5, 5.41) is 0.369.